The van der Waals surface area contributed by atoms with Crippen molar-refractivity contribution < 1.29 is 9.53 Å². The third-order valence-corrected chi connectivity index (χ3v) is 8.22. The van der Waals surface area contributed by atoms with Gasteiger partial charge >= 0.3 is 0 Å². The lowest BCUT2D eigenvalue weighted by Crippen LogP contribution is -2.31. The molecule has 3 aromatic carbocycles. The smallest absolute Gasteiger partial charge is 0.269 e. The summed E-state index contributed by atoms with van der Waals surface area (Å²) in [6.07, 6.45) is 0.767. The monoisotopic (exact) mass is 487 g/mol. The molecule has 5 nitrogen and oxygen atoms in total. The average Bonchev–Trinajstić information content (AvgIpc) is 3.33. The van der Waals surface area contributed by atoms with Gasteiger partial charge in [0.05, 0.1) is 23.5 Å². The number of thioether (sulfide) groups is 2. The van der Waals surface area contributed by atoms with Crippen molar-refractivity contribution in [1.29, 1.82) is 0 Å². The number of hydrogen-bond donors (Lipinski definition) is 0. The number of aryl methyl sites for hydroxylation is 1. The normalized spacial score (nSPS) is 18.7. The van der Waals surface area contributed by atoms with Gasteiger partial charge < -0.3 is 9.64 Å². The lowest BCUT2D eigenvalue weighted by atomic mass is 10.1. The largest absolute Gasteiger partial charge is 0.497 e. The fourth-order valence-electron chi connectivity index (χ4n) is 3.96. The predicted octanol–water partition coefficient (Wildman–Crippen LogP) is 6.22. The van der Waals surface area contributed by atoms with Crippen molar-refractivity contribution in [3.05, 3.63) is 93.9 Å². The minimum atomic E-state index is 0.00135. The molecule has 0 unspecified atom stereocenters. The molecule has 7 heteroatoms. The number of anilines is 1. The number of aliphatic imine (C=N–C) groups is 1. The highest BCUT2D eigenvalue weighted by Gasteiger charge is 2.39. The van der Waals surface area contributed by atoms with Crippen LogP contribution in [0.3, 0.4) is 0 Å². The summed E-state index contributed by atoms with van der Waals surface area (Å²) in [7, 11) is 3.66. The van der Waals surface area contributed by atoms with Gasteiger partial charge in [0.1, 0.15) is 10.7 Å². The van der Waals surface area contributed by atoms with E-state index in [1.54, 1.807) is 18.9 Å². The van der Waals surface area contributed by atoms with E-state index in [4.69, 9.17) is 9.73 Å². The molecule has 0 radical (unpaired) electrons. The van der Waals surface area contributed by atoms with Crippen molar-refractivity contribution in [3.8, 4) is 5.75 Å². The molecule has 1 saturated heterocycles. The molecule has 0 saturated carbocycles. The van der Waals surface area contributed by atoms with Crippen LogP contribution in [-0.2, 0) is 11.2 Å². The molecule has 2 heterocycles. The molecule has 0 bridgehead atoms. The number of rotatable bonds is 5. The minimum absolute atomic E-state index is 0.00135. The van der Waals surface area contributed by atoms with Crippen LogP contribution in [0.15, 0.2) is 92.6 Å². The first-order valence-electron chi connectivity index (χ1n) is 11.1. The van der Waals surface area contributed by atoms with E-state index in [0.29, 0.717) is 11.4 Å². The summed E-state index contributed by atoms with van der Waals surface area (Å²) in [4.78, 5) is 24.3. The second kappa shape index (κ2) is 9.60. The zero-order valence-corrected chi connectivity index (χ0v) is 21.0. The molecule has 0 aromatic heterocycles. The Morgan fingerprint density at radius 2 is 1.79 bits per heavy atom. The predicted molar refractivity (Wildman–Crippen MR) is 142 cm³/mol. The summed E-state index contributed by atoms with van der Waals surface area (Å²) in [5, 5.41) is 1.65. The van der Waals surface area contributed by atoms with Gasteiger partial charge in [0.15, 0.2) is 5.17 Å². The number of methoxy groups -OCH3 is 1. The van der Waals surface area contributed by atoms with E-state index in [1.165, 1.54) is 17.3 Å². The third-order valence-electron chi connectivity index (χ3n) is 5.79. The minimum Gasteiger partial charge on any atom is -0.497 e. The highest BCUT2D eigenvalue weighted by molar-refractivity contribution is 8.19. The zero-order chi connectivity index (χ0) is 23.7. The van der Waals surface area contributed by atoms with Crippen LogP contribution >= 0.6 is 23.5 Å². The molecule has 2 aliphatic rings. The number of amidine groups is 1. The Labute approximate surface area is 208 Å². The zero-order valence-electron chi connectivity index (χ0n) is 19.3. The first kappa shape index (κ1) is 22.6. The number of benzene rings is 3. The molecular formula is C27H25N3O2S2. The van der Waals surface area contributed by atoms with Crippen LogP contribution in [0.25, 0.3) is 0 Å². The van der Waals surface area contributed by atoms with E-state index in [1.807, 2.05) is 79.5 Å². The van der Waals surface area contributed by atoms with E-state index in [-0.39, 0.29) is 5.91 Å². The molecular weight excluding hydrogens is 462 g/mol. The van der Waals surface area contributed by atoms with Crippen LogP contribution < -0.4 is 9.64 Å². The molecule has 0 aliphatic carbocycles. The second-order valence-electron chi connectivity index (χ2n) is 8.16. The highest BCUT2D eigenvalue weighted by Crippen LogP contribution is 2.51. The standard InChI is InChI=1S/C27H25N3O2S2/c1-18-8-7-11-20(16-18)28-27-30(15-14-19-9-5-4-6-10-19)25(31)24(34-27)26-29(2)22-17-21(32-3)12-13-23(22)33-26/h4-13,16-17H,14-15H2,1-3H3/b26-24-,28-27?. The SMILES string of the molecule is COc1ccc2c(c1)N(C)/C(=C1/SC(=Nc3cccc(C)c3)N(CCc3ccccc3)C1=O)S2. The summed E-state index contributed by atoms with van der Waals surface area (Å²) in [6.45, 7) is 2.62. The molecule has 172 valence electrons. The molecule has 1 amide bonds. The molecule has 2 aliphatic heterocycles. The number of ether oxygens (including phenoxy) is 1. The third kappa shape index (κ3) is 4.45. The van der Waals surface area contributed by atoms with Gasteiger partial charge in [-0.1, -0.05) is 54.2 Å². The van der Waals surface area contributed by atoms with Gasteiger partial charge in [-0.05, 0) is 60.5 Å². The second-order valence-corrected chi connectivity index (χ2v) is 10.2. The Hall–Kier alpha value is -3.16. The quantitative estimate of drug-likeness (QED) is 0.400. The lowest BCUT2D eigenvalue weighted by Gasteiger charge is -2.17. The maximum Gasteiger partial charge on any atom is 0.269 e. The van der Waals surface area contributed by atoms with Gasteiger partial charge in [-0.15, -0.1) is 0 Å². The maximum atomic E-state index is 13.7. The average molecular weight is 488 g/mol. The van der Waals surface area contributed by atoms with Crippen molar-refractivity contribution in [2.75, 3.05) is 25.6 Å². The van der Waals surface area contributed by atoms with Gasteiger partial charge in [0, 0.05) is 24.6 Å². The fraction of sp³-hybridized carbons (Fsp3) is 0.185. The van der Waals surface area contributed by atoms with Crippen LogP contribution in [0, 0.1) is 6.92 Å². The van der Waals surface area contributed by atoms with E-state index in [0.717, 1.165) is 44.2 Å². The molecule has 1 fully saturated rings. The fourth-order valence-corrected chi connectivity index (χ4v) is 6.31. The van der Waals surface area contributed by atoms with E-state index >= 15 is 0 Å². The Bertz CT molecular complexity index is 1300. The van der Waals surface area contributed by atoms with Crippen LogP contribution in [0.1, 0.15) is 11.1 Å². The Kier molecular flexibility index (Phi) is 6.39. The van der Waals surface area contributed by atoms with Crippen molar-refractivity contribution >= 4 is 46.0 Å². The van der Waals surface area contributed by atoms with Crippen LogP contribution in [0.5, 0.6) is 5.75 Å². The van der Waals surface area contributed by atoms with Crippen LogP contribution in [0.4, 0.5) is 11.4 Å². The van der Waals surface area contributed by atoms with Crippen molar-refractivity contribution in [2.24, 2.45) is 4.99 Å². The van der Waals surface area contributed by atoms with Crippen molar-refractivity contribution in [3.63, 3.8) is 0 Å². The maximum absolute atomic E-state index is 13.7. The van der Waals surface area contributed by atoms with Gasteiger partial charge in [-0.2, -0.15) is 0 Å². The number of amides is 1. The summed E-state index contributed by atoms with van der Waals surface area (Å²) >= 11 is 3.07. The Balaban J connectivity index is 1.50. The molecule has 34 heavy (non-hydrogen) atoms. The summed E-state index contributed by atoms with van der Waals surface area (Å²) in [5.74, 6) is 0.801. The molecule has 0 spiro atoms. The van der Waals surface area contributed by atoms with E-state index in [2.05, 4.69) is 17.0 Å². The first-order valence-corrected chi connectivity index (χ1v) is 12.7. The number of hydrogen-bond acceptors (Lipinski definition) is 6. The molecule has 5 rings (SSSR count). The van der Waals surface area contributed by atoms with Gasteiger partial charge in [0.25, 0.3) is 5.91 Å². The van der Waals surface area contributed by atoms with Crippen molar-refractivity contribution in [2.45, 2.75) is 18.2 Å². The highest BCUT2D eigenvalue weighted by atomic mass is 32.2. The number of nitrogens with zero attached hydrogens (tertiary/aromatic N) is 3. The van der Waals surface area contributed by atoms with Gasteiger partial charge in [-0.3, -0.25) is 9.69 Å². The first-order chi connectivity index (χ1) is 16.5. The molecule has 0 atom stereocenters. The number of carbonyl (C=O) groups is 1. The molecule has 0 N–H and O–H groups in total. The van der Waals surface area contributed by atoms with Gasteiger partial charge in [0.2, 0.25) is 0 Å². The Morgan fingerprint density at radius 1 is 0.971 bits per heavy atom. The summed E-state index contributed by atoms with van der Waals surface area (Å²) < 4.78 is 5.40. The topological polar surface area (TPSA) is 45.1 Å². The number of carbonyl (C=O) groups excluding carboxylic acids is 1. The van der Waals surface area contributed by atoms with E-state index < -0.39 is 0 Å². The van der Waals surface area contributed by atoms with Gasteiger partial charge in [-0.25, -0.2) is 4.99 Å². The van der Waals surface area contributed by atoms with Crippen molar-refractivity contribution in [1.82, 2.24) is 4.90 Å². The summed E-state index contributed by atoms with van der Waals surface area (Å²) in [5.41, 5.74) is 4.23. The summed E-state index contributed by atoms with van der Waals surface area (Å²) in [6, 6.07) is 24.3. The van der Waals surface area contributed by atoms with Crippen LogP contribution in [0.2, 0.25) is 0 Å². The Morgan fingerprint density at radius 3 is 2.56 bits per heavy atom. The number of fused-ring (bicyclic) bond motifs is 1. The molecule has 3 aromatic rings. The van der Waals surface area contributed by atoms with Crippen LogP contribution in [-0.4, -0.2) is 36.7 Å². The lowest BCUT2D eigenvalue weighted by molar-refractivity contribution is -0.122. The van der Waals surface area contributed by atoms with E-state index in [9.17, 15) is 4.79 Å².